The lowest BCUT2D eigenvalue weighted by atomic mass is 9.83. The zero-order chi connectivity index (χ0) is 16.6. The van der Waals surface area contributed by atoms with Gasteiger partial charge in [0.25, 0.3) is 5.91 Å². The number of carbonyl (C=O) groups excluding carboxylic acids is 1. The van der Waals surface area contributed by atoms with E-state index in [4.69, 9.17) is 11.6 Å². The van der Waals surface area contributed by atoms with E-state index in [0.29, 0.717) is 5.69 Å². The van der Waals surface area contributed by atoms with E-state index in [2.05, 4.69) is 25.5 Å². The van der Waals surface area contributed by atoms with Gasteiger partial charge in [-0.15, -0.1) is 0 Å². The Bertz CT molecular complexity index is 732. The van der Waals surface area contributed by atoms with Crippen molar-refractivity contribution in [1.82, 2.24) is 25.5 Å². The molecule has 2 heterocycles. The summed E-state index contributed by atoms with van der Waals surface area (Å²) >= 11 is 5.65. The van der Waals surface area contributed by atoms with Gasteiger partial charge in [-0.3, -0.25) is 14.9 Å². The number of rotatable bonds is 2. The van der Waals surface area contributed by atoms with E-state index < -0.39 is 24.0 Å². The number of H-pyrrole nitrogens is 1. The van der Waals surface area contributed by atoms with E-state index in [1.165, 1.54) is 18.6 Å². The minimum absolute atomic E-state index is 0.0327. The lowest BCUT2D eigenvalue weighted by Gasteiger charge is -2.30. The summed E-state index contributed by atoms with van der Waals surface area (Å²) in [5, 5.41) is 8.81. The number of hydrogen-bond acceptors (Lipinski definition) is 4. The van der Waals surface area contributed by atoms with E-state index in [1.807, 2.05) is 0 Å². The second-order valence-electron chi connectivity index (χ2n) is 5.24. The first-order valence-corrected chi connectivity index (χ1v) is 7.09. The summed E-state index contributed by atoms with van der Waals surface area (Å²) in [4.78, 5) is 19.6. The van der Waals surface area contributed by atoms with E-state index in [0.717, 1.165) is 0 Å². The average Bonchev–Trinajstić information content (AvgIpc) is 2.93. The Labute approximate surface area is 133 Å². The number of alkyl halides is 3. The predicted octanol–water partition coefficient (Wildman–Crippen LogP) is 2.24. The first-order valence-electron chi connectivity index (χ1n) is 6.72. The quantitative estimate of drug-likeness (QED) is 0.874. The van der Waals surface area contributed by atoms with Crippen molar-refractivity contribution in [2.75, 3.05) is 0 Å². The van der Waals surface area contributed by atoms with Crippen molar-refractivity contribution < 1.29 is 18.0 Å². The summed E-state index contributed by atoms with van der Waals surface area (Å²) in [6.45, 7) is 0. The normalized spacial score (nSPS) is 20.9. The number of carbonyl (C=O) groups is 1. The maximum absolute atomic E-state index is 13.2. The van der Waals surface area contributed by atoms with Crippen molar-refractivity contribution in [2.45, 2.75) is 31.0 Å². The Morgan fingerprint density at radius 2 is 2.13 bits per heavy atom. The molecular weight excluding hydrogens is 335 g/mol. The highest BCUT2D eigenvalue weighted by atomic mass is 35.5. The molecule has 0 saturated heterocycles. The second-order valence-corrected chi connectivity index (χ2v) is 5.62. The molecule has 122 valence electrons. The summed E-state index contributed by atoms with van der Waals surface area (Å²) in [6, 6.07) is -0.692. The molecule has 1 amide bonds. The molecule has 2 aromatic rings. The van der Waals surface area contributed by atoms with Crippen LogP contribution in [0.1, 0.15) is 34.1 Å². The zero-order valence-corrected chi connectivity index (χ0v) is 12.3. The molecular formula is C13H11ClF3N5O. The number of halogens is 4. The third-order valence-corrected chi connectivity index (χ3v) is 3.85. The van der Waals surface area contributed by atoms with Gasteiger partial charge in [0.15, 0.2) is 0 Å². The van der Waals surface area contributed by atoms with Crippen molar-refractivity contribution in [2.24, 2.45) is 0 Å². The largest absolute Gasteiger partial charge is 0.395 e. The zero-order valence-electron chi connectivity index (χ0n) is 11.6. The molecule has 0 fully saturated rings. The van der Waals surface area contributed by atoms with Crippen LogP contribution in [0.3, 0.4) is 0 Å². The fourth-order valence-corrected chi connectivity index (χ4v) is 2.81. The number of hydrogen-bond donors (Lipinski definition) is 2. The van der Waals surface area contributed by atoms with Gasteiger partial charge in [-0.2, -0.15) is 18.3 Å². The Kier molecular flexibility index (Phi) is 3.97. The molecule has 6 nitrogen and oxygen atoms in total. The number of nitrogens with zero attached hydrogens (tertiary/aromatic N) is 3. The van der Waals surface area contributed by atoms with Crippen LogP contribution in [-0.4, -0.2) is 38.3 Å². The van der Waals surface area contributed by atoms with Crippen LogP contribution in [0.15, 0.2) is 18.6 Å². The molecule has 0 aromatic carbocycles. The van der Waals surface area contributed by atoms with Crippen molar-refractivity contribution in [1.29, 1.82) is 0 Å². The van der Waals surface area contributed by atoms with Gasteiger partial charge in [0, 0.05) is 23.7 Å². The van der Waals surface area contributed by atoms with Crippen LogP contribution in [0.25, 0.3) is 0 Å². The van der Waals surface area contributed by atoms with Gasteiger partial charge in [-0.05, 0) is 6.42 Å². The maximum atomic E-state index is 13.2. The lowest BCUT2D eigenvalue weighted by Crippen LogP contribution is -2.42. The van der Waals surface area contributed by atoms with Crippen molar-refractivity contribution >= 4 is 17.5 Å². The summed E-state index contributed by atoms with van der Waals surface area (Å²) < 4.78 is 39.6. The first-order chi connectivity index (χ1) is 10.8. The molecule has 0 bridgehead atoms. The van der Waals surface area contributed by atoms with Crippen LogP contribution >= 0.6 is 11.6 Å². The van der Waals surface area contributed by atoms with Gasteiger partial charge in [0.1, 0.15) is 10.8 Å². The van der Waals surface area contributed by atoms with Gasteiger partial charge in [-0.1, -0.05) is 11.6 Å². The molecule has 1 aliphatic carbocycles. The molecule has 2 atom stereocenters. The Balaban J connectivity index is 1.78. The molecule has 0 spiro atoms. The highest BCUT2D eigenvalue weighted by molar-refractivity contribution is 6.29. The van der Waals surface area contributed by atoms with E-state index in [-0.39, 0.29) is 29.3 Å². The smallest absolute Gasteiger partial charge is 0.347 e. The third-order valence-electron chi connectivity index (χ3n) is 3.67. The number of nitrogens with one attached hydrogen (secondary N) is 2. The Morgan fingerprint density at radius 3 is 2.83 bits per heavy atom. The first kappa shape index (κ1) is 15.7. The fourth-order valence-electron chi connectivity index (χ4n) is 2.66. The summed E-state index contributed by atoms with van der Waals surface area (Å²) in [5.41, 5.74) is 0.461. The summed E-state index contributed by atoms with van der Waals surface area (Å²) in [5.74, 6) is -2.28. The minimum Gasteiger partial charge on any atom is -0.347 e. The molecule has 1 aliphatic rings. The number of amides is 1. The molecule has 3 rings (SSSR count). The third kappa shape index (κ3) is 3.29. The van der Waals surface area contributed by atoms with E-state index >= 15 is 0 Å². The van der Waals surface area contributed by atoms with Crippen molar-refractivity contribution in [3.05, 3.63) is 40.7 Å². The summed E-state index contributed by atoms with van der Waals surface area (Å²) in [6.07, 6.45) is -0.772. The topological polar surface area (TPSA) is 83.6 Å². The Hall–Kier alpha value is -2.16. The summed E-state index contributed by atoms with van der Waals surface area (Å²) in [7, 11) is 0. The van der Waals surface area contributed by atoms with Gasteiger partial charge < -0.3 is 5.32 Å². The predicted molar refractivity (Wildman–Crippen MR) is 74.0 cm³/mol. The van der Waals surface area contributed by atoms with Crippen LogP contribution in [0.2, 0.25) is 5.15 Å². The molecule has 2 unspecified atom stereocenters. The second kappa shape index (κ2) is 5.80. The van der Waals surface area contributed by atoms with Gasteiger partial charge in [0.05, 0.1) is 24.5 Å². The molecule has 0 aliphatic heterocycles. The van der Waals surface area contributed by atoms with Crippen LogP contribution in [0.4, 0.5) is 13.2 Å². The lowest BCUT2D eigenvalue weighted by molar-refractivity contribution is -0.154. The number of fused-ring (bicyclic) bond motifs is 1. The van der Waals surface area contributed by atoms with Crippen LogP contribution in [-0.2, 0) is 6.42 Å². The van der Waals surface area contributed by atoms with E-state index in [1.54, 1.807) is 0 Å². The Morgan fingerprint density at radius 1 is 1.35 bits per heavy atom. The van der Waals surface area contributed by atoms with Crippen molar-refractivity contribution in [3.63, 3.8) is 0 Å². The molecule has 0 radical (unpaired) electrons. The fraction of sp³-hybridized carbons (Fsp3) is 0.385. The standard InChI is InChI=1S/C13H11ClF3N5O/c14-11-5-18-4-10(21-11)12(23)20-6-1-8(13(15,16)17)7-3-19-22-9(7)2-6/h3-6,8H,1-2H2,(H,19,22)(H,20,23). The molecule has 10 heteroatoms. The SMILES string of the molecule is O=C(NC1Cc2[nH]ncc2C(C(F)(F)F)C1)c1cncc(Cl)n1. The van der Waals surface area contributed by atoms with E-state index in [9.17, 15) is 18.0 Å². The number of aromatic nitrogens is 4. The molecule has 23 heavy (non-hydrogen) atoms. The molecule has 0 saturated carbocycles. The van der Waals surface area contributed by atoms with Crippen LogP contribution in [0, 0.1) is 0 Å². The van der Waals surface area contributed by atoms with Gasteiger partial charge in [-0.25, -0.2) is 4.98 Å². The van der Waals surface area contributed by atoms with Crippen molar-refractivity contribution in [3.8, 4) is 0 Å². The average molecular weight is 346 g/mol. The van der Waals surface area contributed by atoms with Crippen LogP contribution in [0.5, 0.6) is 0 Å². The van der Waals surface area contributed by atoms with Gasteiger partial charge in [0.2, 0.25) is 0 Å². The highest BCUT2D eigenvalue weighted by Gasteiger charge is 2.46. The van der Waals surface area contributed by atoms with Gasteiger partial charge >= 0.3 is 6.18 Å². The monoisotopic (exact) mass is 345 g/mol. The maximum Gasteiger partial charge on any atom is 0.395 e. The minimum atomic E-state index is -4.40. The molecule has 2 N–H and O–H groups in total. The highest BCUT2D eigenvalue weighted by Crippen LogP contribution is 2.42. The number of aromatic amines is 1. The van der Waals surface area contributed by atoms with Crippen LogP contribution < -0.4 is 5.32 Å². The molecule has 2 aromatic heterocycles.